The second-order valence-corrected chi connectivity index (χ2v) is 7.46. The van der Waals surface area contributed by atoms with Gasteiger partial charge in [0.2, 0.25) is 0 Å². The molecule has 0 bridgehead atoms. The van der Waals surface area contributed by atoms with E-state index >= 15 is 0 Å². The zero-order valence-corrected chi connectivity index (χ0v) is 16.8. The van der Waals surface area contributed by atoms with Gasteiger partial charge in [0.15, 0.2) is 13.6 Å². The van der Waals surface area contributed by atoms with Crippen LogP contribution in [0, 0.1) is 5.92 Å². The molecule has 2 aliphatic rings. The summed E-state index contributed by atoms with van der Waals surface area (Å²) in [5, 5.41) is 0. The number of hydrogen-bond acceptors (Lipinski definition) is 6. The van der Waals surface area contributed by atoms with Crippen LogP contribution >= 0.6 is 0 Å². The predicted molar refractivity (Wildman–Crippen MR) is 106 cm³/mol. The molecular weight excluding hydrogens is 372 g/mol. The highest BCUT2D eigenvalue weighted by Crippen LogP contribution is 2.52. The molecule has 2 aromatic carbocycles. The summed E-state index contributed by atoms with van der Waals surface area (Å²) in [4.78, 5) is 12.3. The van der Waals surface area contributed by atoms with E-state index < -0.39 is 0 Å². The smallest absolute Gasteiger partial charge is 0.188 e. The molecule has 0 radical (unpaired) electrons. The maximum atomic E-state index is 12.3. The number of ether oxygens (including phenoxy) is 5. The number of fused-ring (bicyclic) bond motifs is 3. The third-order valence-electron chi connectivity index (χ3n) is 5.64. The average molecular weight is 398 g/mol. The molecule has 2 aromatic rings. The van der Waals surface area contributed by atoms with Gasteiger partial charge in [0.05, 0.1) is 0 Å². The van der Waals surface area contributed by atoms with Crippen LogP contribution in [0.4, 0.5) is 0 Å². The minimum absolute atomic E-state index is 0.0946. The van der Waals surface area contributed by atoms with Gasteiger partial charge in [-0.05, 0) is 42.3 Å². The summed E-state index contributed by atoms with van der Waals surface area (Å²) in [6.45, 7) is 0.403. The molecule has 1 aliphatic carbocycles. The maximum absolute atomic E-state index is 12.3. The van der Waals surface area contributed by atoms with Crippen LogP contribution < -0.4 is 14.2 Å². The zero-order chi connectivity index (χ0) is 20.2. The van der Waals surface area contributed by atoms with E-state index in [1.807, 2.05) is 42.5 Å². The quantitative estimate of drug-likeness (QED) is 0.650. The highest BCUT2D eigenvalue weighted by molar-refractivity contribution is 5.80. The van der Waals surface area contributed by atoms with Gasteiger partial charge in [-0.3, -0.25) is 4.79 Å². The van der Waals surface area contributed by atoms with E-state index in [4.69, 9.17) is 23.7 Å². The molecule has 6 heteroatoms. The van der Waals surface area contributed by atoms with Crippen LogP contribution in [-0.2, 0) is 14.3 Å². The highest BCUT2D eigenvalue weighted by atomic mass is 16.7. The Labute approximate surface area is 170 Å². The van der Waals surface area contributed by atoms with Crippen molar-refractivity contribution in [3.63, 3.8) is 0 Å². The van der Waals surface area contributed by atoms with Gasteiger partial charge in [-0.15, -0.1) is 0 Å². The molecule has 0 amide bonds. The third kappa shape index (κ3) is 4.23. The first-order chi connectivity index (χ1) is 14.2. The fourth-order valence-corrected chi connectivity index (χ4v) is 4.29. The number of Topliss-reactive ketones (excluding diaryl/α,β-unsaturated/α-hetero) is 1. The lowest BCUT2D eigenvalue weighted by molar-refractivity contribution is -0.122. The van der Waals surface area contributed by atoms with Gasteiger partial charge in [0.25, 0.3) is 0 Å². The van der Waals surface area contributed by atoms with E-state index in [9.17, 15) is 4.79 Å². The Morgan fingerprint density at radius 2 is 1.66 bits per heavy atom. The SMILES string of the molecule is COCOc1ccc([C@H]2Oc3ccc(OCOC)cc3[C@H]3CC(=O)CC[C@H]32)cc1. The lowest BCUT2D eigenvalue weighted by Gasteiger charge is -2.42. The minimum Gasteiger partial charge on any atom is -0.485 e. The van der Waals surface area contributed by atoms with E-state index in [2.05, 4.69) is 0 Å². The maximum Gasteiger partial charge on any atom is 0.188 e. The molecule has 1 aliphatic heterocycles. The molecule has 0 spiro atoms. The van der Waals surface area contributed by atoms with Crippen LogP contribution in [0.2, 0.25) is 0 Å². The van der Waals surface area contributed by atoms with Gasteiger partial charge < -0.3 is 23.7 Å². The van der Waals surface area contributed by atoms with Gasteiger partial charge >= 0.3 is 0 Å². The molecule has 4 rings (SSSR count). The van der Waals surface area contributed by atoms with Crippen molar-refractivity contribution in [2.75, 3.05) is 27.8 Å². The molecule has 1 saturated carbocycles. The van der Waals surface area contributed by atoms with Crippen molar-refractivity contribution in [3.8, 4) is 17.2 Å². The Morgan fingerprint density at radius 1 is 0.966 bits per heavy atom. The summed E-state index contributed by atoms with van der Waals surface area (Å²) >= 11 is 0. The summed E-state index contributed by atoms with van der Waals surface area (Å²) in [5.74, 6) is 2.97. The van der Waals surface area contributed by atoms with Crippen LogP contribution in [0.1, 0.15) is 42.4 Å². The number of ketones is 1. The fraction of sp³-hybridized carbons (Fsp3) is 0.435. The van der Waals surface area contributed by atoms with Crippen LogP contribution in [-0.4, -0.2) is 33.6 Å². The standard InChI is InChI=1S/C23H26O6/c1-25-13-27-17-6-3-15(4-7-17)23-19-9-5-16(24)11-20(19)21-12-18(28-14-26-2)8-10-22(21)29-23/h3-4,6-8,10,12,19-20,23H,5,9,11,13-14H2,1-2H3/t19-,20+,23-/m1/s1. The van der Waals surface area contributed by atoms with Crippen molar-refractivity contribution in [2.24, 2.45) is 5.92 Å². The molecule has 154 valence electrons. The summed E-state index contributed by atoms with van der Waals surface area (Å²) < 4.78 is 27.5. The topological polar surface area (TPSA) is 63.2 Å². The van der Waals surface area contributed by atoms with Crippen LogP contribution in [0.25, 0.3) is 0 Å². The van der Waals surface area contributed by atoms with Crippen LogP contribution in [0.15, 0.2) is 42.5 Å². The summed E-state index contributed by atoms with van der Waals surface area (Å²) in [7, 11) is 3.19. The molecule has 3 atom stereocenters. The Bertz CT molecular complexity index is 847. The molecule has 0 aromatic heterocycles. The summed E-state index contributed by atoms with van der Waals surface area (Å²) in [5.41, 5.74) is 2.14. The molecule has 6 nitrogen and oxygen atoms in total. The van der Waals surface area contributed by atoms with E-state index in [1.165, 1.54) is 0 Å². The molecule has 0 N–H and O–H groups in total. The van der Waals surface area contributed by atoms with Crippen molar-refractivity contribution < 1.29 is 28.5 Å². The average Bonchev–Trinajstić information content (AvgIpc) is 2.76. The highest BCUT2D eigenvalue weighted by Gasteiger charge is 2.42. The molecular formula is C23H26O6. The number of carbonyl (C=O) groups excluding carboxylic acids is 1. The van der Waals surface area contributed by atoms with Gasteiger partial charge in [-0.2, -0.15) is 0 Å². The van der Waals surface area contributed by atoms with E-state index in [0.29, 0.717) is 18.6 Å². The van der Waals surface area contributed by atoms with Gasteiger partial charge in [-0.1, -0.05) is 12.1 Å². The number of carbonyl (C=O) groups is 1. The fourth-order valence-electron chi connectivity index (χ4n) is 4.29. The first-order valence-corrected chi connectivity index (χ1v) is 9.85. The Balaban J connectivity index is 1.63. The Morgan fingerprint density at radius 3 is 2.38 bits per heavy atom. The third-order valence-corrected chi connectivity index (χ3v) is 5.64. The lowest BCUT2D eigenvalue weighted by atomic mass is 9.69. The van der Waals surface area contributed by atoms with Crippen molar-refractivity contribution in [1.82, 2.24) is 0 Å². The lowest BCUT2D eigenvalue weighted by Crippen LogP contribution is -2.34. The minimum atomic E-state index is -0.0946. The molecule has 0 saturated heterocycles. The predicted octanol–water partition coefficient (Wildman–Crippen LogP) is 4.24. The van der Waals surface area contributed by atoms with E-state index in [1.54, 1.807) is 14.2 Å². The summed E-state index contributed by atoms with van der Waals surface area (Å²) in [6.07, 6.45) is 1.87. The van der Waals surface area contributed by atoms with Crippen LogP contribution in [0.3, 0.4) is 0 Å². The monoisotopic (exact) mass is 398 g/mol. The van der Waals surface area contributed by atoms with Gasteiger partial charge in [-0.25, -0.2) is 0 Å². The number of rotatable bonds is 7. The molecule has 1 fully saturated rings. The van der Waals surface area contributed by atoms with E-state index in [0.717, 1.165) is 34.8 Å². The van der Waals surface area contributed by atoms with Crippen molar-refractivity contribution >= 4 is 5.78 Å². The molecule has 1 heterocycles. The molecule has 29 heavy (non-hydrogen) atoms. The zero-order valence-electron chi connectivity index (χ0n) is 16.8. The number of benzene rings is 2. The summed E-state index contributed by atoms with van der Waals surface area (Å²) in [6, 6.07) is 13.7. The Hall–Kier alpha value is -2.57. The normalized spacial score (nSPS) is 23.0. The second kappa shape index (κ2) is 8.84. The molecule has 0 unspecified atom stereocenters. The number of methoxy groups -OCH3 is 2. The van der Waals surface area contributed by atoms with Crippen molar-refractivity contribution in [2.45, 2.75) is 31.3 Å². The number of hydrogen-bond donors (Lipinski definition) is 0. The van der Waals surface area contributed by atoms with Crippen molar-refractivity contribution in [3.05, 3.63) is 53.6 Å². The van der Waals surface area contributed by atoms with E-state index in [-0.39, 0.29) is 31.5 Å². The first kappa shape index (κ1) is 19.7. The second-order valence-electron chi connectivity index (χ2n) is 7.46. The van der Waals surface area contributed by atoms with Crippen molar-refractivity contribution in [1.29, 1.82) is 0 Å². The largest absolute Gasteiger partial charge is 0.485 e. The van der Waals surface area contributed by atoms with Crippen LogP contribution in [0.5, 0.6) is 17.2 Å². The first-order valence-electron chi connectivity index (χ1n) is 9.85. The van der Waals surface area contributed by atoms with Gasteiger partial charge in [0, 0.05) is 44.5 Å². The van der Waals surface area contributed by atoms with Gasteiger partial charge in [0.1, 0.15) is 29.1 Å². The Kier molecular flexibility index (Phi) is 6.02.